The highest BCUT2D eigenvalue weighted by Crippen LogP contribution is 2.36. The Bertz CT molecular complexity index is 1100. The van der Waals surface area contributed by atoms with Crippen molar-refractivity contribution >= 4 is 27.8 Å². The van der Waals surface area contributed by atoms with Crippen LogP contribution in [-0.2, 0) is 16.1 Å². The van der Waals surface area contributed by atoms with Gasteiger partial charge in [-0.25, -0.2) is 9.48 Å². The van der Waals surface area contributed by atoms with Gasteiger partial charge in [0.05, 0.1) is 11.7 Å². The maximum absolute atomic E-state index is 12.9. The maximum Gasteiger partial charge on any atom is 0.338 e. The van der Waals surface area contributed by atoms with Crippen molar-refractivity contribution in [2.24, 2.45) is 0 Å². The van der Waals surface area contributed by atoms with E-state index in [2.05, 4.69) is 31.3 Å². The van der Waals surface area contributed by atoms with Gasteiger partial charge in [0, 0.05) is 10.2 Å². The summed E-state index contributed by atoms with van der Waals surface area (Å²) < 4.78 is 14.1. The van der Waals surface area contributed by atoms with E-state index in [1.807, 2.05) is 69.3 Å². The predicted molar refractivity (Wildman–Crippen MR) is 121 cm³/mol. The zero-order chi connectivity index (χ0) is 22.0. The third-order valence-corrected chi connectivity index (χ3v) is 5.40. The van der Waals surface area contributed by atoms with Crippen molar-refractivity contribution in [3.05, 3.63) is 81.7 Å². The van der Waals surface area contributed by atoms with Gasteiger partial charge in [-0.05, 0) is 56.2 Å². The lowest BCUT2D eigenvalue weighted by Gasteiger charge is -2.28. The summed E-state index contributed by atoms with van der Waals surface area (Å²) >= 11 is 3.43. The Labute approximate surface area is 189 Å². The molecule has 2 heterocycles. The first-order valence-electron chi connectivity index (χ1n) is 9.98. The monoisotopic (exact) mass is 482 g/mol. The fourth-order valence-corrected chi connectivity index (χ4v) is 3.70. The Morgan fingerprint density at radius 2 is 1.87 bits per heavy atom. The van der Waals surface area contributed by atoms with Crippen molar-refractivity contribution < 1.29 is 14.3 Å². The Morgan fingerprint density at radius 1 is 1.16 bits per heavy atom. The molecule has 2 aromatic carbocycles. The average Bonchev–Trinajstić information content (AvgIpc) is 3.20. The number of nitrogens with one attached hydrogen (secondary N) is 1. The van der Waals surface area contributed by atoms with Gasteiger partial charge in [-0.2, -0.15) is 10.1 Å². The summed E-state index contributed by atoms with van der Waals surface area (Å²) in [5.41, 5.74) is 3.18. The number of ether oxygens (including phenoxy) is 2. The molecular formula is C23H23BrN4O3. The lowest BCUT2D eigenvalue weighted by Crippen LogP contribution is -2.30. The molecule has 4 rings (SSSR count). The smallest absolute Gasteiger partial charge is 0.338 e. The molecule has 3 aromatic rings. The average molecular weight is 483 g/mol. The molecule has 1 atom stereocenters. The number of aromatic nitrogens is 3. The molecule has 0 bridgehead atoms. The lowest BCUT2D eigenvalue weighted by molar-refractivity contribution is -0.143. The van der Waals surface area contributed by atoms with Crippen molar-refractivity contribution in [3.63, 3.8) is 0 Å². The van der Waals surface area contributed by atoms with Crippen molar-refractivity contribution in [2.45, 2.75) is 39.5 Å². The number of hydrogen-bond acceptors (Lipinski definition) is 6. The molecular weight excluding hydrogens is 460 g/mol. The fourth-order valence-electron chi connectivity index (χ4n) is 3.43. The van der Waals surface area contributed by atoms with Crippen LogP contribution < -0.4 is 10.1 Å². The van der Waals surface area contributed by atoms with Crippen LogP contribution in [0.3, 0.4) is 0 Å². The van der Waals surface area contributed by atoms with Gasteiger partial charge in [0.25, 0.3) is 0 Å². The predicted octanol–water partition coefficient (Wildman–Crippen LogP) is 4.86. The number of carbonyl (C=O) groups excluding carboxylic acids is 1. The molecule has 0 amide bonds. The van der Waals surface area contributed by atoms with Crippen molar-refractivity contribution in [3.8, 4) is 5.75 Å². The zero-order valence-electron chi connectivity index (χ0n) is 17.5. The van der Waals surface area contributed by atoms with Crippen LogP contribution in [0.5, 0.6) is 5.75 Å². The van der Waals surface area contributed by atoms with E-state index < -0.39 is 6.04 Å². The molecule has 8 heteroatoms. The van der Waals surface area contributed by atoms with Crippen LogP contribution in [0.2, 0.25) is 0 Å². The molecule has 7 nitrogen and oxygen atoms in total. The molecule has 0 spiro atoms. The number of allylic oxidation sites excluding steroid dienone is 1. The number of rotatable bonds is 6. The van der Waals surface area contributed by atoms with E-state index in [0.29, 0.717) is 23.8 Å². The molecule has 31 heavy (non-hydrogen) atoms. The van der Waals surface area contributed by atoms with Crippen LogP contribution >= 0.6 is 15.9 Å². The minimum atomic E-state index is -0.439. The molecule has 0 saturated heterocycles. The normalized spacial score (nSPS) is 15.5. The van der Waals surface area contributed by atoms with E-state index in [0.717, 1.165) is 21.3 Å². The van der Waals surface area contributed by atoms with Gasteiger partial charge in [0.1, 0.15) is 24.7 Å². The highest BCUT2D eigenvalue weighted by atomic mass is 79.9. The van der Waals surface area contributed by atoms with Crippen LogP contribution in [0.15, 0.2) is 70.6 Å². The summed E-state index contributed by atoms with van der Waals surface area (Å²) in [6.45, 7) is 5.98. The Balaban J connectivity index is 1.58. The third-order valence-electron chi connectivity index (χ3n) is 4.87. The summed E-state index contributed by atoms with van der Waals surface area (Å²) in [7, 11) is 0. The van der Waals surface area contributed by atoms with Gasteiger partial charge in [0.15, 0.2) is 0 Å². The number of benzene rings is 2. The molecule has 1 aliphatic rings. The quantitative estimate of drug-likeness (QED) is 0.505. The van der Waals surface area contributed by atoms with Crippen LogP contribution in [0.1, 0.15) is 37.9 Å². The van der Waals surface area contributed by atoms with Crippen LogP contribution in [-0.4, -0.2) is 26.8 Å². The van der Waals surface area contributed by atoms with Crippen molar-refractivity contribution in [2.75, 3.05) is 5.32 Å². The highest BCUT2D eigenvalue weighted by Gasteiger charge is 2.34. The number of fused-ring (bicyclic) bond motifs is 1. The highest BCUT2D eigenvalue weighted by molar-refractivity contribution is 9.10. The number of esters is 1. The molecule has 0 radical (unpaired) electrons. The first-order valence-corrected chi connectivity index (χ1v) is 10.8. The SMILES string of the molecule is CC1=C(C(=O)OC(C)C)C(c2ccc(OCc3ccc(Br)cc3)cc2)n2ncnc2N1. The molecule has 1 N–H and O–H groups in total. The summed E-state index contributed by atoms with van der Waals surface area (Å²) in [4.78, 5) is 17.1. The first kappa shape index (κ1) is 21.1. The maximum atomic E-state index is 12.9. The van der Waals surface area contributed by atoms with Crippen molar-refractivity contribution in [1.82, 2.24) is 14.8 Å². The van der Waals surface area contributed by atoms with E-state index in [9.17, 15) is 4.79 Å². The van der Waals surface area contributed by atoms with Gasteiger partial charge >= 0.3 is 5.97 Å². The Morgan fingerprint density at radius 3 is 2.55 bits per heavy atom. The van der Waals surface area contributed by atoms with Crippen LogP contribution in [0.4, 0.5) is 5.95 Å². The molecule has 0 aliphatic carbocycles. The molecule has 160 valence electrons. The Hall–Kier alpha value is -3.13. The minimum Gasteiger partial charge on any atom is -0.489 e. The number of hydrogen-bond donors (Lipinski definition) is 1. The zero-order valence-corrected chi connectivity index (χ0v) is 19.1. The fraction of sp³-hybridized carbons (Fsp3) is 0.261. The van der Waals surface area contributed by atoms with E-state index in [4.69, 9.17) is 9.47 Å². The molecule has 1 unspecified atom stereocenters. The van der Waals surface area contributed by atoms with E-state index in [1.54, 1.807) is 4.68 Å². The molecule has 0 saturated carbocycles. The number of nitrogens with zero attached hydrogens (tertiary/aromatic N) is 3. The molecule has 1 aromatic heterocycles. The minimum absolute atomic E-state index is 0.222. The van der Waals surface area contributed by atoms with Gasteiger partial charge < -0.3 is 14.8 Å². The number of carbonyl (C=O) groups is 1. The van der Waals surface area contributed by atoms with E-state index >= 15 is 0 Å². The van der Waals surface area contributed by atoms with Crippen LogP contribution in [0.25, 0.3) is 0 Å². The third kappa shape index (κ3) is 4.64. The van der Waals surface area contributed by atoms with Crippen molar-refractivity contribution in [1.29, 1.82) is 0 Å². The molecule has 0 fully saturated rings. The summed E-state index contributed by atoms with van der Waals surface area (Å²) in [6, 6.07) is 15.2. The van der Waals surface area contributed by atoms with Crippen LogP contribution in [0, 0.1) is 0 Å². The second-order valence-corrected chi connectivity index (χ2v) is 8.45. The lowest BCUT2D eigenvalue weighted by atomic mass is 9.95. The van der Waals surface area contributed by atoms with E-state index in [-0.39, 0.29) is 12.1 Å². The summed E-state index contributed by atoms with van der Waals surface area (Å²) in [5, 5.41) is 7.47. The van der Waals surface area contributed by atoms with E-state index in [1.165, 1.54) is 6.33 Å². The largest absolute Gasteiger partial charge is 0.489 e. The second kappa shape index (κ2) is 8.93. The topological polar surface area (TPSA) is 78.3 Å². The summed E-state index contributed by atoms with van der Waals surface area (Å²) in [5.74, 6) is 0.951. The Kier molecular flexibility index (Phi) is 6.08. The second-order valence-electron chi connectivity index (χ2n) is 7.53. The standard InChI is InChI=1S/C23H23BrN4O3/c1-14(2)31-22(29)20-15(3)27-23-25-13-26-28(23)21(20)17-6-10-19(11-7-17)30-12-16-4-8-18(24)9-5-16/h4-11,13-14,21H,12H2,1-3H3,(H,25,26,27). The summed E-state index contributed by atoms with van der Waals surface area (Å²) in [6.07, 6.45) is 1.25. The molecule has 1 aliphatic heterocycles. The van der Waals surface area contributed by atoms with Gasteiger partial charge in [-0.1, -0.05) is 40.2 Å². The first-order chi connectivity index (χ1) is 14.9. The van der Waals surface area contributed by atoms with Gasteiger partial charge in [-0.15, -0.1) is 0 Å². The van der Waals surface area contributed by atoms with Gasteiger partial charge in [0.2, 0.25) is 5.95 Å². The van der Waals surface area contributed by atoms with Gasteiger partial charge in [-0.3, -0.25) is 0 Å². The number of anilines is 1. The number of halogens is 1.